The van der Waals surface area contributed by atoms with Gasteiger partial charge in [0.25, 0.3) is 5.91 Å². The smallest absolute Gasteiger partial charge is 0.251 e. The first-order valence-corrected chi connectivity index (χ1v) is 8.14. The Morgan fingerprint density at radius 1 is 1.29 bits per heavy atom. The molecule has 6 nitrogen and oxygen atoms in total. The first-order valence-electron chi connectivity index (χ1n) is 6.49. The number of hydrogen-bond acceptors (Lipinski definition) is 4. The molecule has 1 aromatic carbocycles. The quantitative estimate of drug-likeness (QED) is 0.699. The standard InChI is InChI=1S/C13H21N3O3S.ClH/c1-3-8-20(18,19)16-12-6-4-11(5-7-12)13(17)15-10(2)9-14;/h4-7,10,16H,3,8-9,14H2,1-2H3,(H,15,17);1H/t10-;/m0./s1. The highest BCUT2D eigenvalue weighted by Gasteiger charge is 2.11. The highest BCUT2D eigenvalue weighted by Crippen LogP contribution is 2.12. The summed E-state index contributed by atoms with van der Waals surface area (Å²) in [5.41, 5.74) is 6.34. The number of halogens is 1. The third-order valence-corrected chi connectivity index (χ3v) is 4.12. The molecule has 0 heterocycles. The Balaban J connectivity index is 0.00000400. The zero-order valence-electron chi connectivity index (χ0n) is 12.1. The fraction of sp³-hybridized carbons (Fsp3) is 0.462. The summed E-state index contributed by atoms with van der Waals surface area (Å²) in [4.78, 5) is 11.8. The van der Waals surface area contributed by atoms with Crippen molar-refractivity contribution in [1.29, 1.82) is 0 Å². The lowest BCUT2D eigenvalue weighted by atomic mass is 10.2. The third-order valence-electron chi connectivity index (χ3n) is 2.62. The number of anilines is 1. The van der Waals surface area contributed by atoms with Crippen LogP contribution in [0.15, 0.2) is 24.3 Å². The van der Waals surface area contributed by atoms with Crippen molar-refractivity contribution in [2.24, 2.45) is 5.73 Å². The summed E-state index contributed by atoms with van der Waals surface area (Å²) in [5.74, 6) is -0.158. The summed E-state index contributed by atoms with van der Waals surface area (Å²) in [7, 11) is -3.31. The highest BCUT2D eigenvalue weighted by atomic mass is 35.5. The van der Waals surface area contributed by atoms with Gasteiger partial charge in [-0.2, -0.15) is 0 Å². The molecule has 0 aliphatic rings. The molecule has 1 atom stereocenters. The maximum atomic E-state index is 11.8. The monoisotopic (exact) mass is 335 g/mol. The minimum Gasteiger partial charge on any atom is -0.348 e. The topological polar surface area (TPSA) is 101 Å². The Bertz CT molecular complexity index is 546. The number of nitrogens with two attached hydrogens (primary N) is 1. The fourth-order valence-electron chi connectivity index (χ4n) is 1.56. The minimum atomic E-state index is -3.31. The van der Waals surface area contributed by atoms with Crippen LogP contribution in [-0.4, -0.2) is 32.7 Å². The summed E-state index contributed by atoms with van der Waals surface area (Å²) < 4.78 is 25.7. The molecule has 8 heteroatoms. The number of sulfonamides is 1. The number of rotatable bonds is 7. The molecule has 4 N–H and O–H groups in total. The van der Waals surface area contributed by atoms with E-state index in [-0.39, 0.29) is 30.1 Å². The predicted molar refractivity (Wildman–Crippen MR) is 87.4 cm³/mol. The third kappa shape index (κ3) is 6.79. The Kier molecular flexibility index (Phi) is 8.31. The van der Waals surface area contributed by atoms with E-state index < -0.39 is 10.0 Å². The van der Waals surface area contributed by atoms with E-state index in [1.807, 2.05) is 6.92 Å². The molecule has 1 aromatic rings. The van der Waals surface area contributed by atoms with Gasteiger partial charge < -0.3 is 11.1 Å². The average molecular weight is 336 g/mol. The molecule has 0 saturated carbocycles. The molecule has 1 rings (SSSR count). The summed E-state index contributed by atoms with van der Waals surface area (Å²) in [6, 6.07) is 6.17. The van der Waals surface area contributed by atoms with E-state index in [4.69, 9.17) is 5.73 Å². The molecule has 0 unspecified atom stereocenters. The first-order chi connectivity index (χ1) is 9.38. The minimum absolute atomic E-state index is 0. The number of carbonyl (C=O) groups is 1. The number of nitrogens with one attached hydrogen (secondary N) is 2. The van der Waals surface area contributed by atoms with Crippen LogP contribution in [0.2, 0.25) is 0 Å². The maximum absolute atomic E-state index is 11.8. The molecule has 120 valence electrons. The van der Waals surface area contributed by atoms with Crippen LogP contribution in [0.4, 0.5) is 5.69 Å². The SMILES string of the molecule is CCCS(=O)(=O)Nc1ccc(C(=O)N[C@@H](C)CN)cc1.Cl. The Labute approximate surface area is 132 Å². The molecule has 0 aromatic heterocycles. The second-order valence-electron chi connectivity index (χ2n) is 4.61. The molecular weight excluding hydrogens is 314 g/mol. The van der Waals surface area contributed by atoms with Crippen LogP contribution in [0, 0.1) is 0 Å². The van der Waals surface area contributed by atoms with Crippen LogP contribution < -0.4 is 15.8 Å². The van der Waals surface area contributed by atoms with Crippen LogP contribution in [0.25, 0.3) is 0 Å². The van der Waals surface area contributed by atoms with E-state index in [2.05, 4.69) is 10.0 Å². The van der Waals surface area contributed by atoms with Crippen LogP contribution >= 0.6 is 12.4 Å². The summed E-state index contributed by atoms with van der Waals surface area (Å²) in [5, 5.41) is 2.73. The Morgan fingerprint density at radius 2 is 1.86 bits per heavy atom. The van der Waals surface area contributed by atoms with Gasteiger partial charge >= 0.3 is 0 Å². The first kappa shape index (κ1) is 19.7. The normalized spacial score (nSPS) is 12.1. The van der Waals surface area contributed by atoms with Crippen molar-refractivity contribution < 1.29 is 13.2 Å². The zero-order chi connectivity index (χ0) is 15.2. The second kappa shape index (κ2) is 8.86. The predicted octanol–water partition coefficient (Wildman–Crippen LogP) is 1.34. The van der Waals surface area contributed by atoms with Crippen molar-refractivity contribution in [2.75, 3.05) is 17.0 Å². The summed E-state index contributed by atoms with van der Waals surface area (Å²) in [6.07, 6.45) is 0.548. The van der Waals surface area contributed by atoms with Gasteiger partial charge in [0.05, 0.1) is 5.75 Å². The van der Waals surface area contributed by atoms with Crippen molar-refractivity contribution in [2.45, 2.75) is 26.3 Å². The van der Waals surface area contributed by atoms with Crippen LogP contribution in [0.5, 0.6) is 0 Å². The Morgan fingerprint density at radius 3 is 2.33 bits per heavy atom. The van der Waals surface area contributed by atoms with Gasteiger partial charge in [-0.3, -0.25) is 9.52 Å². The molecule has 21 heavy (non-hydrogen) atoms. The fourth-order valence-corrected chi connectivity index (χ4v) is 2.69. The van der Waals surface area contributed by atoms with Gasteiger partial charge in [0, 0.05) is 23.8 Å². The van der Waals surface area contributed by atoms with Gasteiger partial charge in [-0.05, 0) is 37.6 Å². The lowest BCUT2D eigenvalue weighted by Gasteiger charge is -2.12. The van der Waals surface area contributed by atoms with Gasteiger partial charge in [0.1, 0.15) is 0 Å². The van der Waals surface area contributed by atoms with E-state index in [0.717, 1.165) is 0 Å². The van der Waals surface area contributed by atoms with Crippen LogP contribution in [0.3, 0.4) is 0 Å². The highest BCUT2D eigenvalue weighted by molar-refractivity contribution is 7.92. The van der Waals surface area contributed by atoms with Crippen molar-refractivity contribution >= 4 is 34.0 Å². The molecule has 0 radical (unpaired) electrons. The van der Waals surface area contributed by atoms with Gasteiger partial charge in [-0.1, -0.05) is 6.92 Å². The van der Waals surface area contributed by atoms with E-state index in [0.29, 0.717) is 24.2 Å². The van der Waals surface area contributed by atoms with Crippen molar-refractivity contribution in [3.8, 4) is 0 Å². The Hall–Kier alpha value is -1.31. The summed E-state index contributed by atoms with van der Waals surface area (Å²) in [6.45, 7) is 3.97. The molecule has 0 spiro atoms. The lowest BCUT2D eigenvalue weighted by Crippen LogP contribution is -2.37. The molecule has 0 aliphatic carbocycles. The molecule has 0 saturated heterocycles. The lowest BCUT2D eigenvalue weighted by molar-refractivity contribution is 0.0941. The van der Waals surface area contributed by atoms with E-state index >= 15 is 0 Å². The zero-order valence-corrected chi connectivity index (χ0v) is 13.8. The van der Waals surface area contributed by atoms with Crippen LogP contribution in [-0.2, 0) is 10.0 Å². The van der Waals surface area contributed by atoms with Crippen molar-refractivity contribution in [3.63, 3.8) is 0 Å². The maximum Gasteiger partial charge on any atom is 0.251 e. The molecule has 1 amide bonds. The molecule has 0 aliphatic heterocycles. The number of benzene rings is 1. The number of amides is 1. The van der Waals surface area contributed by atoms with E-state index in [9.17, 15) is 13.2 Å². The van der Waals surface area contributed by atoms with Crippen molar-refractivity contribution in [3.05, 3.63) is 29.8 Å². The number of carbonyl (C=O) groups excluding carboxylic acids is 1. The van der Waals surface area contributed by atoms with Gasteiger partial charge in [0.2, 0.25) is 10.0 Å². The van der Waals surface area contributed by atoms with E-state index in [1.54, 1.807) is 31.2 Å². The van der Waals surface area contributed by atoms with Gasteiger partial charge in [0.15, 0.2) is 0 Å². The molecule has 0 fully saturated rings. The molecular formula is C13H22ClN3O3S. The van der Waals surface area contributed by atoms with Crippen LogP contribution in [0.1, 0.15) is 30.6 Å². The van der Waals surface area contributed by atoms with E-state index in [1.165, 1.54) is 0 Å². The van der Waals surface area contributed by atoms with Crippen molar-refractivity contribution in [1.82, 2.24) is 5.32 Å². The number of hydrogen-bond donors (Lipinski definition) is 3. The molecule has 0 bridgehead atoms. The summed E-state index contributed by atoms with van der Waals surface area (Å²) >= 11 is 0. The van der Waals surface area contributed by atoms with Gasteiger partial charge in [-0.15, -0.1) is 12.4 Å². The largest absolute Gasteiger partial charge is 0.348 e. The van der Waals surface area contributed by atoms with Gasteiger partial charge in [-0.25, -0.2) is 8.42 Å². The second-order valence-corrected chi connectivity index (χ2v) is 6.45. The average Bonchev–Trinajstić information content (AvgIpc) is 2.38.